The summed E-state index contributed by atoms with van der Waals surface area (Å²) in [5.41, 5.74) is 0. The van der Waals surface area contributed by atoms with E-state index in [0.717, 1.165) is 12.5 Å². The first kappa shape index (κ1) is 8.14. The van der Waals surface area contributed by atoms with E-state index in [1.165, 1.54) is 0 Å². The molecule has 0 aromatic carbocycles. The van der Waals surface area contributed by atoms with Gasteiger partial charge in [-0.05, 0) is 6.04 Å². The van der Waals surface area contributed by atoms with Crippen LogP contribution in [0.4, 0.5) is 0 Å². The molecule has 1 radical (unpaired) electrons. The molecule has 0 rings (SSSR count). The molecular weight excluding hydrogens is 120 g/mol. The molecule has 3 heteroatoms. The standard InChI is InChI=1S/C5H13O2Si/c1-4-5-8(6-2)7-3/h4-5H2,1-3H3. The Morgan fingerprint density at radius 3 is 1.88 bits per heavy atom. The Bertz CT molecular complexity index is 45.7. The third-order valence-corrected chi connectivity index (χ3v) is 2.73. The first-order valence-corrected chi connectivity index (χ1v) is 4.31. The Morgan fingerprint density at radius 2 is 1.75 bits per heavy atom. The molecule has 0 aliphatic rings. The van der Waals surface area contributed by atoms with Crippen LogP contribution >= 0.6 is 0 Å². The second-order valence-corrected chi connectivity index (χ2v) is 3.59. The van der Waals surface area contributed by atoms with Gasteiger partial charge in [0.15, 0.2) is 0 Å². The summed E-state index contributed by atoms with van der Waals surface area (Å²) >= 11 is 0. The molecule has 49 valence electrons. The van der Waals surface area contributed by atoms with Crippen LogP contribution in [0.3, 0.4) is 0 Å². The fourth-order valence-corrected chi connectivity index (χ4v) is 1.47. The highest BCUT2D eigenvalue weighted by Crippen LogP contribution is 1.96. The van der Waals surface area contributed by atoms with Gasteiger partial charge >= 0.3 is 9.28 Å². The van der Waals surface area contributed by atoms with Gasteiger partial charge in [0, 0.05) is 14.2 Å². The summed E-state index contributed by atoms with van der Waals surface area (Å²) in [5, 5.41) is 0. The van der Waals surface area contributed by atoms with Crippen LogP contribution in [-0.4, -0.2) is 23.5 Å². The minimum absolute atomic E-state index is 0.874. The average molecular weight is 133 g/mol. The van der Waals surface area contributed by atoms with E-state index in [0.29, 0.717) is 0 Å². The second kappa shape index (κ2) is 5.28. The summed E-state index contributed by atoms with van der Waals surface area (Å²) in [6.45, 7) is 2.13. The molecule has 0 aliphatic heterocycles. The van der Waals surface area contributed by atoms with E-state index < -0.39 is 9.28 Å². The van der Waals surface area contributed by atoms with Crippen molar-refractivity contribution in [1.82, 2.24) is 0 Å². The van der Waals surface area contributed by atoms with E-state index in [4.69, 9.17) is 8.85 Å². The van der Waals surface area contributed by atoms with Crippen LogP contribution in [0, 0.1) is 0 Å². The third-order valence-electron chi connectivity index (χ3n) is 0.909. The van der Waals surface area contributed by atoms with Crippen LogP contribution in [0.5, 0.6) is 0 Å². The minimum Gasteiger partial charge on any atom is -0.397 e. The highest BCUT2D eigenvalue weighted by Gasteiger charge is 2.07. The lowest BCUT2D eigenvalue weighted by Crippen LogP contribution is -2.17. The summed E-state index contributed by atoms with van der Waals surface area (Å²) in [5.74, 6) is 0. The van der Waals surface area contributed by atoms with E-state index >= 15 is 0 Å². The van der Waals surface area contributed by atoms with Gasteiger partial charge in [-0.2, -0.15) is 0 Å². The van der Waals surface area contributed by atoms with Crippen LogP contribution in [0.25, 0.3) is 0 Å². The monoisotopic (exact) mass is 133 g/mol. The SMILES string of the molecule is CCC[Si](OC)OC. The van der Waals surface area contributed by atoms with Crippen molar-refractivity contribution in [2.45, 2.75) is 19.4 Å². The maximum absolute atomic E-state index is 5.02. The molecule has 0 aromatic heterocycles. The molecule has 0 saturated carbocycles. The van der Waals surface area contributed by atoms with E-state index in [9.17, 15) is 0 Å². The molecule has 0 aromatic rings. The molecule has 2 nitrogen and oxygen atoms in total. The van der Waals surface area contributed by atoms with Gasteiger partial charge < -0.3 is 8.85 Å². The maximum atomic E-state index is 5.02. The summed E-state index contributed by atoms with van der Waals surface area (Å²) in [6, 6.07) is 1.08. The minimum atomic E-state index is -0.874. The third kappa shape index (κ3) is 3.18. The molecule has 0 aliphatic carbocycles. The quantitative estimate of drug-likeness (QED) is 0.536. The lowest BCUT2D eigenvalue weighted by molar-refractivity contribution is 0.277. The van der Waals surface area contributed by atoms with Crippen LogP contribution in [0.15, 0.2) is 0 Å². The van der Waals surface area contributed by atoms with Gasteiger partial charge in [0.2, 0.25) is 0 Å². The van der Waals surface area contributed by atoms with E-state index in [-0.39, 0.29) is 0 Å². The van der Waals surface area contributed by atoms with Crippen molar-refractivity contribution >= 4 is 9.28 Å². The van der Waals surface area contributed by atoms with Gasteiger partial charge in [0.05, 0.1) is 0 Å². The van der Waals surface area contributed by atoms with Crippen molar-refractivity contribution in [1.29, 1.82) is 0 Å². The highest BCUT2D eigenvalue weighted by atomic mass is 28.3. The summed E-state index contributed by atoms with van der Waals surface area (Å²) in [6.07, 6.45) is 1.15. The fourth-order valence-electron chi connectivity index (χ4n) is 0.492. The zero-order chi connectivity index (χ0) is 6.41. The zero-order valence-corrected chi connectivity index (χ0v) is 6.73. The molecule has 0 bridgehead atoms. The maximum Gasteiger partial charge on any atom is 0.384 e. The molecule has 0 atom stereocenters. The fraction of sp³-hybridized carbons (Fsp3) is 1.00. The topological polar surface area (TPSA) is 18.5 Å². The number of rotatable bonds is 4. The zero-order valence-electron chi connectivity index (χ0n) is 5.73. The smallest absolute Gasteiger partial charge is 0.384 e. The van der Waals surface area contributed by atoms with E-state index in [1.807, 2.05) is 0 Å². The van der Waals surface area contributed by atoms with Crippen molar-refractivity contribution in [2.24, 2.45) is 0 Å². The Kier molecular flexibility index (Phi) is 5.37. The molecule has 0 fully saturated rings. The predicted octanol–water partition coefficient (Wildman–Crippen LogP) is 1.18. The van der Waals surface area contributed by atoms with Crippen LogP contribution in [0.2, 0.25) is 6.04 Å². The first-order valence-electron chi connectivity index (χ1n) is 2.79. The van der Waals surface area contributed by atoms with Gasteiger partial charge in [-0.25, -0.2) is 0 Å². The molecule has 0 heterocycles. The molecule has 0 spiro atoms. The van der Waals surface area contributed by atoms with Crippen molar-refractivity contribution in [3.63, 3.8) is 0 Å². The van der Waals surface area contributed by atoms with Crippen LogP contribution < -0.4 is 0 Å². The van der Waals surface area contributed by atoms with Gasteiger partial charge in [-0.1, -0.05) is 13.3 Å². The first-order chi connectivity index (χ1) is 3.85. The van der Waals surface area contributed by atoms with Gasteiger partial charge in [-0.3, -0.25) is 0 Å². The van der Waals surface area contributed by atoms with Crippen molar-refractivity contribution in [3.8, 4) is 0 Å². The average Bonchev–Trinajstić information content (AvgIpc) is 1.83. The van der Waals surface area contributed by atoms with Gasteiger partial charge in [0.25, 0.3) is 0 Å². The van der Waals surface area contributed by atoms with E-state index in [1.54, 1.807) is 14.2 Å². The van der Waals surface area contributed by atoms with Gasteiger partial charge in [-0.15, -0.1) is 0 Å². The Balaban J connectivity index is 3.07. The van der Waals surface area contributed by atoms with Crippen molar-refractivity contribution in [2.75, 3.05) is 14.2 Å². The molecular formula is C5H13O2Si. The Morgan fingerprint density at radius 1 is 1.25 bits per heavy atom. The van der Waals surface area contributed by atoms with Crippen LogP contribution in [-0.2, 0) is 8.85 Å². The lowest BCUT2D eigenvalue weighted by Gasteiger charge is -2.05. The molecule has 0 amide bonds. The number of hydrogen-bond donors (Lipinski definition) is 0. The van der Waals surface area contributed by atoms with Crippen LogP contribution in [0.1, 0.15) is 13.3 Å². The Hall–Kier alpha value is 0.137. The largest absolute Gasteiger partial charge is 0.397 e. The predicted molar refractivity (Wildman–Crippen MR) is 34.9 cm³/mol. The van der Waals surface area contributed by atoms with Crippen molar-refractivity contribution in [3.05, 3.63) is 0 Å². The summed E-state index contributed by atoms with van der Waals surface area (Å²) in [7, 11) is 2.53. The number of hydrogen-bond acceptors (Lipinski definition) is 2. The summed E-state index contributed by atoms with van der Waals surface area (Å²) < 4.78 is 10.0. The second-order valence-electron chi connectivity index (χ2n) is 1.53. The summed E-state index contributed by atoms with van der Waals surface area (Å²) in [4.78, 5) is 0. The van der Waals surface area contributed by atoms with Crippen molar-refractivity contribution < 1.29 is 8.85 Å². The highest BCUT2D eigenvalue weighted by molar-refractivity contribution is 6.44. The molecule has 0 N–H and O–H groups in total. The van der Waals surface area contributed by atoms with Gasteiger partial charge in [0.1, 0.15) is 0 Å². The Labute approximate surface area is 52.7 Å². The van der Waals surface area contributed by atoms with E-state index in [2.05, 4.69) is 6.92 Å². The molecule has 8 heavy (non-hydrogen) atoms. The normalized spacial score (nSPS) is 10.5. The molecule has 0 saturated heterocycles. The molecule has 0 unspecified atom stereocenters. The lowest BCUT2D eigenvalue weighted by atomic mass is 10.6.